The van der Waals surface area contributed by atoms with E-state index >= 15 is 0 Å². The number of alkyl halides is 5. The highest BCUT2D eigenvalue weighted by atomic mass is 32.2. The van der Waals surface area contributed by atoms with Crippen LogP contribution in [0.2, 0.25) is 0 Å². The van der Waals surface area contributed by atoms with Crippen molar-refractivity contribution in [2.24, 2.45) is 7.05 Å². The summed E-state index contributed by atoms with van der Waals surface area (Å²) in [5.41, 5.74) is -2.29. The zero-order valence-corrected chi connectivity index (χ0v) is 14.1. The second kappa shape index (κ2) is 7.38. The van der Waals surface area contributed by atoms with Crippen LogP contribution in [0.3, 0.4) is 0 Å². The second-order valence-corrected chi connectivity index (χ2v) is 6.40. The van der Waals surface area contributed by atoms with Gasteiger partial charge in [-0.3, -0.25) is 14.2 Å². The predicted molar refractivity (Wildman–Crippen MR) is 81.3 cm³/mol. The van der Waals surface area contributed by atoms with E-state index in [2.05, 4.69) is 9.84 Å². The normalized spacial score (nSPS) is 12.1. The number of carbonyl (C=O) groups is 1. The number of nitrogens with one attached hydrogen (secondary N) is 2. The molecule has 0 bridgehead atoms. The molecule has 0 fully saturated rings. The topological polar surface area (TPSA) is 102 Å². The molecular weight excluding hydrogens is 403 g/mol. The Morgan fingerprint density at radius 3 is 2.48 bits per heavy atom. The summed E-state index contributed by atoms with van der Waals surface area (Å²) < 4.78 is 94.4. The van der Waals surface area contributed by atoms with Gasteiger partial charge in [0.1, 0.15) is 5.69 Å². The summed E-state index contributed by atoms with van der Waals surface area (Å²) in [6.45, 7) is 0. The van der Waals surface area contributed by atoms with Crippen molar-refractivity contribution in [3.63, 3.8) is 0 Å². The third-order valence-electron chi connectivity index (χ3n) is 2.89. The molecule has 0 saturated carbocycles. The molecule has 0 spiro atoms. The number of anilines is 1. The van der Waals surface area contributed by atoms with Crippen molar-refractivity contribution in [2.75, 3.05) is 4.72 Å². The van der Waals surface area contributed by atoms with Gasteiger partial charge in [0.15, 0.2) is 5.75 Å². The molecule has 0 radical (unpaired) electrons. The van der Waals surface area contributed by atoms with Crippen molar-refractivity contribution in [2.45, 2.75) is 12.8 Å². The standard InChI is InChI=1S/C13H11F5N4O4S/c1-22-6-7(10(19-22)11(14)15)12(23)21-27(24,25)20-8-4-2-3-5-9(8)26-13(16,17)18/h2-6,11,20H,1H3,(H,21,23). The van der Waals surface area contributed by atoms with Gasteiger partial charge in [-0.05, 0) is 12.1 Å². The van der Waals surface area contributed by atoms with Crippen LogP contribution in [0.25, 0.3) is 0 Å². The molecule has 8 nitrogen and oxygen atoms in total. The van der Waals surface area contributed by atoms with E-state index < -0.39 is 51.6 Å². The van der Waals surface area contributed by atoms with E-state index in [1.807, 2.05) is 0 Å². The molecule has 2 rings (SSSR count). The summed E-state index contributed by atoms with van der Waals surface area (Å²) >= 11 is 0. The Labute approximate surface area is 149 Å². The van der Waals surface area contributed by atoms with Crippen molar-refractivity contribution >= 4 is 21.8 Å². The van der Waals surface area contributed by atoms with Gasteiger partial charge in [0.25, 0.3) is 12.3 Å². The monoisotopic (exact) mass is 414 g/mol. The number of aromatic nitrogens is 2. The number of nitrogens with zero attached hydrogens (tertiary/aromatic N) is 2. The van der Waals surface area contributed by atoms with Gasteiger partial charge < -0.3 is 4.74 Å². The fourth-order valence-corrected chi connectivity index (χ4v) is 2.82. The number of hydrogen-bond acceptors (Lipinski definition) is 5. The van der Waals surface area contributed by atoms with Crippen LogP contribution in [-0.2, 0) is 17.3 Å². The molecule has 0 aliphatic rings. The SMILES string of the molecule is Cn1cc(C(=O)NS(=O)(=O)Nc2ccccc2OC(F)(F)F)c(C(F)F)n1. The third kappa shape index (κ3) is 5.54. The summed E-state index contributed by atoms with van der Waals surface area (Å²) in [5.74, 6) is -2.32. The van der Waals surface area contributed by atoms with Crippen molar-refractivity contribution in [3.05, 3.63) is 41.7 Å². The summed E-state index contributed by atoms with van der Waals surface area (Å²) in [4.78, 5) is 12.0. The predicted octanol–water partition coefficient (Wildman–Crippen LogP) is 2.34. The second-order valence-electron chi connectivity index (χ2n) is 4.98. The molecule has 1 aromatic carbocycles. The van der Waals surface area contributed by atoms with Crippen LogP contribution in [0.1, 0.15) is 22.5 Å². The zero-order chi connectivity index (χ0) is 20.4. The quantitative estimate of drug-likeness (QED) is 0.707. The van der Waals surface area contributed by atoms with Crippen molar-refractivity contribution in [3.8, 4) is 5.75 Å². The number of para-hydroxylation sites is 2. The minimum Gasteiger partial charge on any atom is -0.404 e. The molecule has 1 heterocycles. The number of rotatable bonds is 6. The van der Waals surface area contributed by atoms with Crippen LogP contribution >= 0.6 is 0 Å². The third-order valence-corrected chi connectivity index (χ3v) is 3.84. The fourth-order valence-electron chi connectivity index (χ4n) is 1.95. The first-order chi connectivity index (χ1) is 12.4. The first-order valence-electron chi connectivity index (χ1n) is 6.89. The molecule has 1 aromatic heterocycles. The highest BCUT2D eigenvalue weighted by molar-refractivity contribution is 7.91. The van der Waals surface area contributed by atoms with Crippen LogP contribution in [0.15, 0.2) is 30.5 Å². The molecule has 27 heavy (non-hydrogen) atoms. The highest BCUT2D eigenvalue weighted by Crippen LogP contribution is 2.30. The average molecular weight is 414 g/mol. The first-order valence-corrected chi connectivity index (χ1v) is 8.37. The average Bonchev–Trinajstić information content (AvgIpc) is 2.89. The number of ether oxygens (including phenoxy) is 1. The molecule has 1 amide bonds. The molecule has 2 N–H and O–H groups in total. The molecule has 2 aromatic rings. The Kier molecular flexibility index (Phi) is 5.58. The van der Waals surface area contributed by atoms with Crippen LogP contribution in [0.5, 0.6) is 5.75 Å². The van der Waals surface area contributed by atoms with Gasteiger partial charge in [0.05, 0.1) is 11.3 Å². The minimum absolute atomic E-state index is 0.629. The summed E-state index contributed by atoms with van der Waals surface area (Å²) in [6.07, 6.45) is -7.37. The lowest BCUT2D eigenvalue weighted by Crippen LogP contribution is -2.36. The van der Waals surface area contributed by atoms with Crippen LogP contribution in [-0.4, -0.2) is 30.5 Å². The number of benzene rings is 1. The molecule has 14 heteroatoms. The molecule has 0 aliphatic heterocycles. The summed E-state index contributed by atoms with van der Waals surface area (Å²) in [5, 5.41) is 3.35. The van der Waals surface area contributed by atoms with Gasteiger partial charge in [0, 0.05) is 13.2 Å². The molecule has 0 saturated heterocycles. The molecule has 0 atom stereocenters. The van der Waals surface area contributed by atoms with Gasteiger partial charge >= 0.3 is 16.6 Å². The number of aryl methyl sites for hydroxylation is 1. The molecule has 0 aliphatic carbocycles. The maximum atomic E-state index is 12.8. The Morgan fingerprint density at radius 1 is 1.26 bits per heavy atom. The first kappa shape index (κ1) is 20.4. The lowest BCUT2D eigenvalue weighted by molar-refractivity contribution is -0.274. The van der Waals surface area contributed by atoms with E-state index in [0.717, 1.165) is 29.1 Å². The van der Waals surface area contributed by atoms with Crippen molar-refractivity contribution in [1.29, 1.82) is 0 Å². The maximum absolute atomic E-state index is 12.8. The number of amides is 1. The molecule has 148 valence electrons. The van der Waals surface area contributed by atoms with Gasteiger partial charge in [-0.1, -0.05) is 12.1 Å². The largest absolute Gasteiger partial charge is 0.573 e. The fraction of sp³-hybridized carbons (Fsp3) is 0.231. The van der Waals surface area contributed by atoms with E-state index in [-0.39, 0.29) is 0 Å². The Hall–Kier alpha value is -2.90. The summed E-state index contributed by atoms with van der Waals surface area (Å²) in [6, 6.07) is 4.14. The summed E-state index contributed by atoms with van der Waals surface area (Å²) in [7, 11) is -3.54. The van der Waals surface area contributed by atoms with E-state index in [9.17, 15) is 35.2 Å². The van der Waals surface area contributed by atoms with E-state index in [1.54, 1.807) is 4.72 Å². The van der Waals surface area contributed by atoms with Gasteiger partial charge in [-0.2, -0.15) is 13.5 Å². The molecular formula is C13H11F5N4O4S. The number of carbonyl (C=O) groups excluding carboxylic acids is 1. The number of halogens is 5. The zero-order valence-electron chi connectivity index (χ0n) is 13.3. The number of hydrogen-bond donors (Lipinski definition) is 2. The van der Waals surface area contributed by atoms with E-state index in [4.69, 9.17) is 0 Å². The van der Waals surface area contributed by atoms with Crippen LogP contribution in [0, 0.1) is 0 Å². The van der Waals surface area contributed by atoms with E-state index in [1.165, 1.54) is 17.8 Å². The maximum Gasteiger partial charge on any atom is 0.573 e. The Morgan fingerprint density at radius 2 is 1.89 bits per heavy atom. The van der Waals surface area contributed by atoms with Gasteiger partial charge in [-0.15, -0.1) is 13.2 Å². The Bertz CT molecular complexity index is 942. The van der Waals surface area contributed by atoms with Crippen LogP contribution < -0.4 is 14.2 Å². The smallest absolute Gasteiger partial charge is 0.404 e. The van der Waals surface area contributed by atoms with E-state index in [0.29, 0.717) is 0 Å². The van der Waals surface area contributed by atoms with Gasteiger partial charge in [-0.25, -0.2) is 13.5 Å². The lowest BCUT2D eigenvalue weighted by Gasteiger charge is -2.15. The minimum atomic E-state index is -5.09. The molecule has 0 unspecified atom stereocenters. The lowest BCUT2D eigenvalue weighted by atomic mass is 10.2. The van der Waals surface area contributed by atoms with Crippen molar-refractivity contribution in [1.82, 2.24) is 14.5 Å². The van der Waals surface area contributed by atoms with Crippen molar-refractivity contribution < 1.29 is 39.9 Å². The van der Waals surface area contributed by atoms with Gasteiger partial charge in [0.2, 0.25) is 0 Å². The van der Waals surface area contributed by atoms with Crippen LogP contribution in [0.4, 0.5) is 27.6 Å². The highest BCUT2D eigenvalue weighted by Gasteiger charge is 2.33. The Balaban J connectivity index is 2.23.